The molecule has 0 aliphatic carbocycles. The Hall–Kier alpha value is -1.38. The van der Waals surface area contributed by atoms with Crippen LogP contribution in [-0.2, 0) is 4.79 Å². The van der Waals surface area contributed by atoms with E-state index >= 15 is 0 Å². The summed E-state index contributed by atoms with van der Waals surface area (Å²) in [6, 6.07) is 3.34. The molecule has 118 valence electrons. The molecule has 0 radical (unpaired) electrons. The second kappa shape index (κ2) is 8.92. The number of halogens is 1. The summed E-state index contributed by atoms with van der Waals surface area (Å²) in [4.78, 5) is 15.8. The molecule has 2 N–H and O–H groups in total. The fourth-order valence-corrected chi connectivity index (χ4v) is 3.16. The topological polar surface area (TPSA) is 79.8 Å². The zero-order valence-corrected chi connectivity index (χ0v) is 14.4. The minimum Gasteiger partial charge on any atom is -0.360 e. The first-order valence-corrected chi connectivity index (χ1v) is 8.97. The van der Waals surface area contributed by atoms with Crippen molar-refractivity contribution in [3.05, 3.63) is 23.4 Å². The maximum atomic E-state index is 11.8. The molecule has 2 rings (SSSR count). The Balaban J connectivity index is 1.75. The Bertz CT molecular complexity index is 605. The maximum absolute atomic E-state index is 11.8. The number of anilines is 2. The molecule has 0 spiro atoms. The number of carbonyl (C=O) groups excluding carboxylic acids is 1. The zero-order valence-electron chi connectivity index (χ0n) is 12.0. The lowest BCUT2D eigenvalue weighted by Gasteiger charge is -2.02. The molecular formula is C13H16ClN5OS2. The molecule has 22 heavy (non-hydrogen) atoms. The maximum Gasteiger partial charge on any atom is 0.235 e. The first-order valence-electron chi connectivity index (χ1n) is 6.79. The van der Waals surface area contributed by atoms with E-state index in [2.05, 4.69) is 32.7 Å². The highest BCUT2D eigenvalue weighted by molar-refractivity contribution is 8.01. The third kappa shape index (κ3) is 5.78. The lowest BCUT2D eigenvalue weighted by atomic mass is 10.3. The predicted octanol–water partition coefficient (Wildman–Crippen LogP) is 3.53. The number of nitrogens with zero attached hydrogens (tertiary/aromatic N) is 3. The molecule has 0 aliphatic heterocycles. The van der Waals surface area contributed by atoms with Crippen molar-refractivity contribution < 1.29 is 4.79 Å². The van der Waals surface area contributed by atoms with Gasteiger partial charge >= 0.3 is 0 Å². The molecule has 6 nitrogen and oxygen atoms in total. The highest BCUT2D eigenvalue weighted by atomic mass is 35.5. The van der Waals surface area contributed by atoms with Gasteiger partial charge in [-0.15, -0.1) is 10.2 Å². The van der Waals surface area contributed by atoms with Gasteiger partial charge in [0.25, 0.3) is 0 Å². The summed E-state index contributed by atoms with van der Waals surface area (Å²) in [7, 11) is 0. The summed E-state index contributed by atoms with van der Waals surface area (Å²) in [5.74, 6) is 0.596. The van der Waals surface area contributed by atoms with Crippen molar-refractivity contribution in [3.63, 3.8) is 0 Å². The SMILES string of the molecule is CCCCNc1nnc(SCC(=O)Nc2ccc(Cl)cn2)s1. The summed E-state index contributed by atoms with van der Waals surface area (Å²) >= 11 is 8.54. The number of carbonyl (C=O) groups is 1. The second-order valence-corrected chi connectivity index (χ2v) is 6.99. The number of pyridine rings is 1. The van der Waals surface area contributed by atoms with Crippen molar-refractivity contribution in [1.82, 2.24) is 15.2 Å². The number of amides is 1. The molecule has 2 aromatic heterocycles. The van der Waals surface area contributed by atoms with Gasteiger partial charge in [0.15, 0.2) is 4.34 Å². The molecule has 0 atom stereocenters. The Kier molecular flexibility index (Phi) is 6.88. The highest BCUT2D eigenvalue weighted by Gasteiger charge is 2.08. The molecule has 0 bridgehead atoms. The molecule has 1 amide bonds. The molecular weight excluding hydrogens is 342 g/mol. The van der Waals surface area contributed by atoms with Crippen LogP contribution in [0.3, 0.4) is 0 Å². The van der Waals surface area contributed by atoms with Gasteiger partial charge in [0.2, 0.25) is 11.0 Å². The van der Waals surface area contributed by atoms with Crippen LogP contribution in [0.25, 0.3) is 0 Å². The van der Waals surface area contributed by atoms with Crippen molar-refractivity contribution in [3.8, 4) is 0 Å². The molecule has 0 aliphatic rings. The third-order valence-electron chi connectivity index (χ3n) is 2.53. The Morgan fingerprint density at radius 2 is 2.27 bits per heavy atom. The fraction of sp³-hybridized carbons (Fsp3) is 0.385. The van der Waals surface area contributed by atoms with Gasteiger partial charge in [-0.05, 0) is 18.6 Å². The molecule has 0 unspecified atom stereocenters. The van der Waals surface area contributed by atoms with Gasteiger partial charge in [-0.25, -0.2) is 4.98 Å². The fourth-order valence-electron chi connectivity index (χ4n) is 1.47. The van der Waals surface area contributed by atoms with Crippen LogP contribution in [0.1, 0.15) is 19.8 Å². The van der Waals surface area contributed by atoms with Crippen LogP contribution in [0.4, 0.5) is 10.9 Å². The van der Waals surface area contributed by atoms with E-state index in [0.29, 0.717) is 10.8 Å². The molecule has 0 saturated carbocycles. The van der Waals surface area contributed by atoms with Crippen molar-refractivity contribution in [2.75, 3.05) is 22.9 Å². The van der Waals surface area contributed by atoms with E-state index in [4.69, 9.17) is 11.6 Å². The van der Waals surface area contributed by atoms with E-state index in [0.717, 1.165) is 28.9 Å². The van der Waals surface area contributed by atoms with E-state index in [1.165, 1.54) is 29.3 Å². The quantitative estimate of drug-likeness (QED) is 0.555. The first kappa shape index (κ1) is 17.0. The minimum absolute atomic E-state index is 0.143. The molecule has 0 fully saturated rings. The van der Waals surface area contributed by atoms with Gasteiger partial charge in [-0.1, -0.05) is 48.0 Å². The monoisotopic (exact) mass is 357 g/mol. The zero-order chi connectivity index (χ0) is 15.8. The van der Waals surface area contributed by atoms with Gasteiger partial charge in [-0.2, -0.15) is 0 Å². The van der Waals surface area contributed by atoms with Crippen LogP contribution in [0.2, 0.25) is 5.02 Å². The molecule has 0 aromatic carbocycles. The number of hydrogen-bond donors (Lipinski definition) is 2. The van der Waals surface area contributed by atoms with E-state index in [-0.39, 0.29) is 11.7 Å². The van der Waals surface area contributed by atoms with E-state index in [1.54, 1.807) is 12.1 Å². The number of hydrogen-bond acceptors (Lipinski definition) is 7. The number of nitrogens with one attached hydrogen (secondary N) is 2. The van der Waals surface area contributed by atoms with Crippen LogP contribution in [0, 0.1) is 0 Å². The lowest BCUT2D eigenvalue weighted by molar-refractivity contribution is -0.113. The van der Waals surface area contributed by atoms with Gasteiger partial charge in [0, 0.05) is 12.7 Å². The second-order valence-electron chi connectivity index (χ2n) is 4.35. The standard InChI is InChI=1S/C13H16ClN5OS2/c1-2-3-6-15-12-18-19-13(22-12)21-8-11(20)17-10-5-4-9(14)7-16-10/h4-5,7H,2-3,6,8H2,1H3,(H,15,18)(H,16,17,20). The lowest BCUT2D eigenvalue weighted by Crippen LogP contribution is -2.14. The van der Waals surface area contributed by atoms with Gasteiger partial charge in [0.05, 0.1) is 10.8 Å². The van der Waals surface area contributed by atoms with E-state index in [1.807, 2.05) is 0 Å². The van der Waals surface area contributed by atoms with E-state index < -0.39 is 0 Å². The third-order valence-corrected chi connectivity index (χ3v) is 4.77. The predicted molar refractivity (Wildman–Crippen MR) is 91.9 cm³/mol. The minimum atomic E-state index is -0.143. The van der Waals surface area contributed by atoms with E-state index in [9.17, 15) is 4.79 Å². The molecule has 2 aromatic rings. The highest BCUT2D eigenvalue weighted by Crippen LogP contribution is 2.25. The van der Waals surface area contributed by atoms with Crippen LogP contribution in [0.15, 0.2) is 22.7 Å². The van der Waals surface area contributed by atoms with Crippen molar-refractivity contribution >= 4 is 51.6 Å². The summed E-state index contributed by atoms with van der Waals surface area (Å²) in [6.07, 6.45) is 3.72. The number of thioether (sulfide) groups is 1. The van der Waals surface area contributed by atoms with Crippen molar-refractivity contribution in [2.24, 2.45) is 0 Å². The molecule has 2 heterocycles. The van der Waals surface area contributed by atoms with Gasteiger partial charge in [-0.3, -0.25) is 4.79 Å². The molecule has 0 saturated heterocycles. The van der Waals surface area contributed by atoms with Crippen LogP contribution < -0.4 is 10.6 Å². The Labute approximate surface area is 142 Å². The van der Waals surface area contributed by atoms with Crippen LogP contribution >= 0.6 is 34.7 Å². The average Bonchev–Trinajstić information content (AvgIpc) is 2.96. The normalized spacial score (nSPS) is 10.5. The van der Waals surface area contributed by atoms with Crippen molar-refractivity contribution in [2.45, 2.75) is 24.1 Å². The number of aromatic nitrogens is 3. The van der Waals surface area contributed by atoms with Crippen LogP contribution in [-0.4, -0.2) is 33.4 Å². The summed E-state index contributed by atoms with van der Waals surface area (Å²) in [5, 5.41) is 15.3. The van der Waals surface area contributed by atoms with Gasteiger partial charge in [0.1, 0.15) is 5.82 Å². The largest absolute Gasteiger partial charge is 0.360 e. The van der Waals surface area contributed by atoms with Crippen molar-refractivity contribution in [1.29, 1.82) is 0 Å². The van der Waals surface area contributed by atoms with Crippen LogP contribution in [0.5, 0.6) is 0 Å². The smallest absolute Gasteiger partial charge is 0.235 e. The average molecular weight is 358 g/mol. The Morgan fingerprint density at radius 3 is 3.00 bits per heavy atom. The number of unbranched alkanes of at least 4 members (excludes halogenated alkanes) is 1. The molecule has 9 heteroatoms. The first-order chi connectivity index (χ1) is 10.7. The summed E-state index contributed by atoms with van der Waals surface area (Å²) < 4.78 is 0.762. The van der Waals surface area contributed by atoms with Gasteiger partial charge < -0.3 is 10.6 Å². The summed E-state index contributed by atoms with van der Waals surface area (Å²) in [6.45, 7) is 3.02. The Morgan fingerprint density at radius 1 is 1.41 bits per heavy atom. The number of rotatable bonds is 8. The summed E-state index contributed by atoms with van der Waals surface area (Å²) in [5.41, 5.74) is 0.